The molecule has 0 aromatic heterocycles. The van der Waals surface area contributed by atoms with Gasteiger partial charge in [0, 0.05) is 12.1 Å². The Bertz CT molecular complexity index is 733. The van der Waals surface area contributed by atoms with E-state index in [9.17, 15) is 13.2 Å². The molecule has 1 amide bonds. The first kappa shape index (κ1) is 19.4. The summed E-state index contributed by atoms with van der Waals surface area (Å²) in [7, 11) is -3.67. The monoisotopic (exact) mass is 370 g/mol. The van der Waals surface area contributed by atoms with Crippen LogP contribution in [0.15, 0.2) is 18.2 Å². The molecule has 0 spiro atoms. The van der Waals surface area contributed by atoms with E-state index in [1.165, 1.54) is 0 Å². The SMILES string of the molecule is CC(C)C(C)NC(=O)C(C)N(c1ccc2c(c1)OCCO2)S(C)(=O)=O. The van der Waals surface area contributed by atoms with Crippen molar-refractivity contribution in [1.29, 1.82) is 0 Å². The van der Waals surface area contributed by atoms with Crippen LogP contribution in [0.2, 0.25) is 0 Å². The van der Waals surface area contributed by atoms with E-state index in [0.717, 1.165) is 10.6 Å². The molecule has 0 fully saturated rings. The number of hydrogen-bond donors (Lipinski definition) is 1. The van der Waals surface area contributed by atoms with Crippen LogP contribution in [0.4, 0.5) is 5.69 Å². The van der Waals surface area contributed by atoms with Gasteiger partial charge in [0.25, 0.3) is 0 Å². The molecule has 1 N–H and O–H groups in total. The summed E-state index contributed by atoms with van der Waals surface area (Å²) in [5.74, 6) is 0.938. The van der Waals surface area contributed by atoms with Crippen LogP contribution in [0.1, 0.15) is 27.7 Å². The van der Waals surface area contributed by atoms with Gasteiger partial charge in [0.05, 0.1) is 11.9 Å². The van der Waals surface area contributed by atoms with Gasteiger partial charge in [0.15, 0.2) is 11.5 Å². The predicted octanol–water partition coefficient (Wildman–Crippen LogP) is 1.77. The molecular formula is C17H26N2O5S. The van der Waals surface area contributed by atoms with Gasteiger partial charge in [0.2, 0.25) is 15.9 Å². The maximum atomic E-state index is 12.5. The highest BCUT2D eigenvalue weighted by molar-refractivity contribution is 7.92. The van der Waals surface area contributed by atoms with Crippen molar-refractivity contribution in [2.75, 3.05) is 23.8 Å². The Kier molecular flexibility index (Phi) is 5.82. The summed E-state index contributed by atoms with van der Waals surface area (Å²) >= 11 is 0. The number of hydrogen-bond acceptors (Lipinski definition) is 5. The molecule has 8 heteroatoms. The molecule has 0 aliphatic carbocycles. The number of sulfonamides is 1. The van der Waals surface area contributed by atoms with Crippen LogP contribution in [0.25, 0.3) is 0 Å². The van der Waals surface area contributed by atoms with Crippen LogP contribution in [-0.4, -0.2) is 45.9 Å². The standard InChI is InChI=1S/C17H26N2O5S/c1-11(2)12(3)18-17(20)13(4)19(25(5,21)22)14-6-7-15-16(10-14)24-9-8-23-15/h6-7,10-13H,8-9H2,1-5H3,(H,18,20). The predicted molar refractivity (Wildman–Crippen MR) is 96.7 cm³/mol. The summed E-state index contributed by atoms with van der Waals surface area (Å²) in [5.41, 5.74) is 0.367. The normalized spacial score (nSPS) is 16.2. The summed E-state index contributed by atoms with van der Waals surface area (Å²) in [5, 5.41) is 2.86. The summed E-state index contributed by atoms with van der Waals surface area (Å²) in [6.07, 6.45) is 1.08. The van der Waals surface area contributed by atoms with E-state index in [4.69, 9.17) is 9.47 Å². The topological polar surface area (TPSA) is 84.9 Å². The third kappa shape index (κ3) is 4.56. The molecule has 2 unspecified atom stereocenters. The van der Waals surface area contributed by atoms with Crippen molar-refractivity contribution in [3.05, 3.63) is 18.2 Å². The number of amides is 1. The summed E-state index contributed by atoms with van der Waals surface area (Å²) < 4.78 is 36.8. The first-order chi connectivity index (χ1) is 11.6. The van der Waals surface area contributed by atoms with E-state index >= 15 is 0 Å². The van der Waals surface area contributed by atoms with Crippen molar-refractivity contribution in [2.45, 2.75) is 39.8 Å². The molecule has 1 aromatic rings. The zero-order chi connectivity index (χ0) is 18.8. The smallest absolute Gasteiger partial charge is 0.243 e. The lowest BCUT2D eigenvalue weighted by Gasteiger charge is -2.30. The fourth-order valence-corrected chi connectivity index (χ4v) is 3.66. The van der Waals surface area contributed by atoms with E-state index < -0.39 is 16.1 Å². The van der Waals surface area contributed by atoms with Gasteiger partial charge in [-0.15, -0.1) is 0 Å². The molecule has 0 saturated heterocycles. The lowest BCUT2D eigenvalue weighted by atomic mass is 10.1. The van der Waals surface area contributed by atoms with Gasteiger partial charge < -0.3 is 14.8 Å². The number of fused-ring (bicyclic) bond motifs is 1. The molecule has 0 radical (unpaired) electrons. The number of carbonyl (C=O) groups is 1. The van der Waals surface area contributed by atoms with Crippen molar-refractivity contribution in [1.82, 2.24) is 5.32 Å². The van der Waals surface area contributed by atoms with Gasteiger partial charge in [-0.1, -0.05) is 13.8 Å². The number of carbonyl (C=O) groups excluding carboxylic acids is 1. The van der Waals surface area contributed by atoms with E-state index in [0.29, 0.717) is 30.4 Å². The largest absolute Gasteiger partial charge is 0.486 e. The quantitative estimate of drug-likeness (QED) is 0.825. The highest BCUT2D eigenvalue weighted by Crippen LogP contribution is 2.35. The van der Waals surface area contributed by atoms with Gasteiger partial charge in [-0.25, -0.2) is 8.42 Å². The Morgan fingerprint density at radius 2 is 1.72 bits per heavy atom. The Morgan fingerprint density at radius 3 is 2.28 bits per heavy atom. The van der Waals surface area contributed by atoms with Crippen LogP contribution in [0, 0.1) is 5.92 Å². The highest BCUT2D eigenvalue weighted by Gasteiger charge is 2.31. The van der Waals surface area contributed by atoms with Crippen molar-refractivity contribution >= 4 is 21.6 Å². The molecule has 1 aliphatic rings. The van der Waals surface area contributed by atoms with Gasteiger partial charge >= 0.3 is 0 Å². The molecule has 2 atom stereocenters. The van der Waals surface area contributed by atoms with Crippen LogP contribution in [0.3, 0.4) is 0 Å². The molecule has 2 rings (SSSR count). The number of ether oxygens (including phenoxy) is 2. The van der Waals surface area contributed by atoms with Crippen molar-refractivity contribution in [3.8, 4) is 11.5 Å². The summed E-state index contributed by atoms with van der Waals surface area (Å²) in [6, 6.07) is 3.91. The molecule has 0 saturated carbocycles. The summed E-state index contributed by atoms with van der Waals surface area (Å²) in [4.78, 5) is 12.5. The minimum Gasteiger partial charge on any atom is -0.486 e. The van der Waals surface area contributed by atoms with Crippen LogP contribution in [-0.2, 0) is 14.8 Å². The lowest BCUT2D eigenvalue weighted by molar-refractivity contribution is -0.122. The molecule has 0 bridgehead atoms. The Balaban J connectivity index is 2.32. The number of nitrogens with one attached hydrogen (secondary N) is 1. The molecule has 140 valence electrons. The van der Waals surface area contributed by atoms with E-state index in [1.54, 1.807) is 25.1 Å². The Hall–Kier alpha value is -1.96. The second-order valence-electron chi connectivity index (χ2n) is 6.60. The zero-order valence-electron chi connectivity index (χ0n) is 15.3. The van der Waals surface area contributed by atoms with Crippen LogP contribution in [0.5, 0.6) is 11.5 Å². The zero-order valence-corrected chi connectivity index (χ0v) is 16.1. The summed E-state index contributed by atoms with van der Waals surface area (Å²) in [6.45, 7) is 8.30. The number of benzene rings is 1. The molecule has 7 nitrogen and oxygen atoms in total. The molecule has 1 heterocycles. The second-order valence-corrected chi connectivity index (χ2v) is 8.46. The first-order valence-corrected chi connectivity index (χ1v) is 10.2. The lowest BCUT2D eigenvalue weighted by Crippen LogP contribution is -2.50. The maximum Gasteiger partial charge on any atom is 0.243 e. The average molecular weight is 370 g/mol. The molecule has 1 aromatic carbocycles. The fraction of sp³-hybridized carbons (Fsp3) is 0.588. The van der Waals surface area contributed by atoms with E-state index in [-0.39, 0.29) is 17.9 Å². The number of anilines is 1. The van der Waals surface area contributed by atoms with Crippen molar-refractivity contribution in [2.24, 2.45) is 5.92 Å². The molecule has 25 heavy (non-hydrogen) atoms. The molecular weight excluding hydrogens is 344 g/mol. The highest BCUT2D eigenvalue weighted by atomic mass is 32.2. The fourth-order valence-electron chi connectivity index (χ4n) is 2.49. The number of rotatable bonds is 6. The molecule has 1 aliphatic heterocycles. The van der Waals surface area contributed by atoms with Crippen LogP contribution < -0.4 is 19.1 Å². The third-order valence-corrected chi connectivity index (χ3v) is 5.48. The van der Waals surface area contributed by atoms with Gasteiger partial charge in [-0.2, -0.15) is 0 Å². The Labute approximate surface area is 149 Å². The minimum atomic E-state index is -3.67. The van der Waals surface area contributed by atoms with E-state index in [1.807, 2.05) is 20.8 Å². The second kappa shape index (κ2) is 7.51. The van der Waals surface area contributed by atoms with Gasteiger partial charge in [0.1, 0.15) is 19.3 Å². The maximum absolute atomic E-state index is 12.5. The van der Waals surface area contributed by atoms with Crippen molar-refractivity contribution < 1.29 is 22.7 Å². The third-order valence-electron chi connectivity index (χ3n) is 4.24. The minimum absolute atomic E-state index is 0.0587. The van der Waals surface area contributed by atoms with E-state index in [2.05, 4.69) is 5.32 Å². The Morgan fingerprint density at radius 1 is 1.12 bits per heavy atom. The average Bonchev–Trinajstić information content (AvgIpc) is 2.53. The van der Waals surface area contributed by atoms with Gasteiger partial charge in [-0.3, -0.25) is 9.10 Å². The first-order valence-electron chi connectivity index (χ1n) is 8.30. The van der Waals surface area contributed by atoms with Gasteiger partial charge in [-0.05, 0) is 31.9 Å². The van der Waals surface area contributed by atoms with Crippen molar-refractivity contribution in [3.63, 3.8) is 0 Å². The van der Waals surface area contributed by atoms with Crippen LogP contribution >= 0.6 is 0 Å². The number of nitrogens with zero attached hydrogens (tertiary/aromatic N) is 1.